The summed E-state index contributed by atoms with van der Waals surface area (Å²) in [5, 5.41) is 13.4. The van der Waals surface area contributed by atoms with Crippen LogP contribution < -0.4 is 5.32 Å². The van der Waals surface area contributed by atoms with Crippen LogP contribution in [0.15, 0.2) is 24.3 Å². The zero-order valence-electron chi connectivity index (χ0n) is 14.4. The molecule has 8 heteroatoms. The van der Waals surface area contributed by atoms with E-state index in [1.54, 1.807) is 12.1 Å². The molecule has 0 saturated carbocycles. The maximum atomic E-state index is 12.5. The Morgan fingerprint density at radius 2 is 2.12 bits per heavy atom. The number of benzene rings is 1. The van der Waals surface area contributed by atoms with E-state index in [1.165, 1.54) is 4.90 Å². The minimum Gasteiger partial charge on any atom is -0.391 e. The van der Waals surface area contributed by atoms with E-state index >= 15 is 0 Å². The first-order chi connectivity index (χ1) is 12.5. The van der Waals surface area contributed by atoms with E-state index < -0.39 is 12.1 Å². The number of rotatable bonds is 6. The molecule has 0 bridgehead atoms. The number of carbonyl (C=O) groups excluding carboxylic acids is 2. The predicted molar refractivity (Wildman–Crippen MR) is 94.6 cm³/mol. The second-order valence-electron chi connectivity index (χ2n) is 6.59. The van der Waals surface area contributed by atoms with Crippen molar-refractivity contribution in [3.05, 3.63) is 34.9 Å². The number of likely N-dealkylation sites (tertiary alicyclic amines) is 1. The molecular formula is C18H23ClN2O5. The van der Waals surface area contributed by atoms with Crippen LogP contribution in [-0.4, -0.2) is 66.4 Å². The van der Waals surface area contributed by atoms with E-state index in [1.807, 2.05) is 12.1 Å². The van der Waals surface area contributed by atoms with Gasteiger partial charge in [-0.3, -0.25) is 9.59 Å². The molecule has 2 saturated heterocycles. The molecule has 0 spiro atoms. The minimum absolute atomic E-state index is 0.0799. The van der Waals surface area contributed by atoms with Gasteiger partial charge in [0.15, 0.2) is 0 Å². The van der Waals surface area contributed by atoms with Crippen LogP contribution in [0.25, 0.3) is 0 Å². The molecule has 1 aromatic rings. The highest BCUT2D eigenvalue weighted by molar-refractivity contribution is 6.30. The van der Waals surface area contributed by atoms with E-state index in [9.17, 15) is 14.7 Å². The number of carbonyl (C=O) groups is 2. The van der Waals surface area contributed by atoms with Crippen LogP contribution >= 0.6 is 11.6 Å². The number of amides is 2. The summed E-state index contributed by atoms with van der Waals surface area (Å²) >= 11 is 5.85. The Morgan fingerprint density at radius 3 is 2.81 bits per heavy atom. The largest absolute Gasteiger partial charge is 0.391 e. The molecule has 2 fully saturated rings. The predicted octanol–water partition coefficient (Wildman–Crippen LogP) is 0.723. The van der Waals surface area contributed by atoms with Gasteiger partial charge >= 0.3 is 0 Å². The molecule has 2 amide bonds. The monoisotopic (exact) mass is 382 g/mol. The van der Waals surface area contributed by atoms with Crippen molar-refractivity contribution in [3.8, 4) is 0 Å². The molecule has 3 atom stereocenters. The Labute approximate surface area is 157 Å². The highest BCUT2D eigenvalue weighted by atomic mass is 35.5. The average molecular weight is 383 g/mol. The summed E-state index contributed by atoms with van der Waals surface area (Å²) in [6, 6.07) is 6.47. The Kier molecular flexibility index (Phi) is 6.48. The van der Waals surface area contributed by atoms with E-state index in [0.717, 1.165) is 12.0 Å². The van der Waals surface area contributed by atoms with Gasteiger partial charge in [0.1, 0.15) is 12.6 Å². The molecule has 3 rings (SSSR count). The molecule has 7 nitrogen and oxygen atoms in total. The smallest absolute Gasteiger partial charge is 0.249 e. The molecular weight excluding hydrogens is 360 g/mol. The summed E-state index contributed by atoms with van der Waals surface area (Å²) in [5.74, 6) is -0.575. The van der Waals surface area contributed by atoms with Crippen LogP contribution in [0.1, 0.15) is 18.4 Å². The van der Waals surface area contributed by atoms with Crippen molar-refractivity contribution in [1.29, 1.82) is 0 Å². The number of β-amino-alcohol motifs (C(OH)–C–C–N with tert-alkyl or cyclic N) is 1. The lowest BCUT2D eigenvalue weighted by atomic mass is 10.1. The van der Waals surface area contributed by atoms with Gasteiger partial charge in [-0.05, 0) is 24.1 Å². The number of nitrogens with zero attached hydrogens (tertiary/aromatic N) is 1. The Bertz CT molecular complexity index is 633. The lowest BCUT2D eigenvalue weighted by Gasteiger charge is -2.24. The lowest BCUT2D eigenvalue weighted by Crippen LogP contribution is -2.47. The van der Waals surface area contributed by atoms with Crippen molar-refractivity contribution in [3.63, 3.8) is 0 Å². The second-order valence-corrected chi connectivity index (χ2v) is 7.03. The molecule has 26 heavy (non-hydrogen) atoms. The molecule has 1 aromatic carbocycles. The zero-order chi connectivity index (χ0) is 18.5. The van der Waals surface area contributed by atoms with Gasteiger partial charge in [-0.15, -0.1) is 0 Å². The third-order valence-corrected chi connectivity index (χ3v) is 4.86. The fraction of sp³-hybridized carbons (Fsp3) is 0.556. The van der Waals surface area contributed by atoms with Crippen LogP contribution in [0, 0.1) is 0 Å². The number of halogens is 1. The maximum absolute atomic E-state index is 12.5. The Morgan fingerprint density at radius 1 is 1.35 bits per heavy atom. The first-order valence-electron chi connectivity index (χ1n) is 8.72. The molecule has 2 aliphatic heterocycles. The minimum atomic E-state index is -0.708. The third-order valence-electron chi connectivity index (χ3n) is 4.61. The number of aliphatic hydroxyl groups is 1. The summed E-state index contributed by atoms with van der Waals surface area (Å²) in [6.45, 7) is 1.49. The lowest BCUT2D eigenvalue weighted by molar-refractivity contribution is -0.143. The highest BCUT2D eigenvalue weighted by Crippen LogP contribution is 2.19. The first kappa shape index (κ1) is 19.1. The van der Waals surface area contributed by atoms with E-state index in [-0.39, 0.29) is 37.5 Å². The number of aliphatic hydroxyl groups excluding tert-OH is 1. The van der Waals surface area contributed by atoms with Gasteiger partial charge in [-0.1, -0.05) is 23.7 Å². The van der Waals surface area contributed by atoms with Crippen LogP contribution in [0.2, 0.25) is 5.02 Å². The van der Waals surface area contributed by atoms with E-state index in [4.69, 9.17) is 21.1 Å². The molecule has 0 aromatic heterocycles. The van der Waals surface area contributed by atoms with Gasteiger partial charge in [0.2, 0.25) is 11.8 Å². The fourth-order valence-corrected chi connectivity index (χ4v) is 3.29. The SMILES string of the molecule is O=C(NCc1ccc(Cl)cc1)C1CC(O)CN1C(=O)COC1CCOC1. The molecule has 0 aliphatic carbocycles. The quantitative estimate of drug-likeness (QED) is 0.757. The third kappa shape index (κ3) is 4.94. The number of hydrogen-bond acceptors (Lipinski definition) is 5. The first-order valence-corrected chi connectivity index (χ1v) is 9.10. The summed E-state index contributed by atoms with van der Waals surface area (Å²) in [4.78, 5) is 26.3. The molecule has 2 N–H and O–H groups in total. The van der Waals surface area contributed by atoms with Gasteiger partial charge in [0.05, 0.1) is 18.8 Å². The van der Waals surface area contributed by atoms with Gasteiger partial charge in [-0.2, -0.15) is 0 Å². The number of nitrogens with one attached hydrogen (secondary N) is 1. The Balaban J connectivity index is 1.52. The molecule has 0 radical (unpaired) electrons. The summed E-state index contributed by atoms with van der Waals surface area (Å²) in [6.07, 6.45) is 0.203. The fourth-order valence-electron chi connectivity index (χ4n) is 3.16. The molecule has 142 valence electrons. The van der Waals surface area contributed by atoms with Gasteiger partial charge in [0.25, 0.3) is 0 Å². The second kappa shape index (κ2) is 8.81. The van der Waals surface area contributed by atoms with Gasteiger partial charge < -0.3 is 24.8 Å². The zero-order valence-corrected chi connectivity index (χ0v) is 15.2. The van der Waals surface area contributed by atoms with Crippen LogP contribution in [-0.2, 0) is 25.6 Å². The molecule has 2 aliphatic rings. The topological polar surface area (TPSA) is 88.1 Å². The van der Waals surface area contributed by atoms with Crippen molar-refractivity contribution in [2.75, 3.05) is 26.4 Å². The van der Waals surface area contributed by atoms with Crippen molar-refractivity contribution < 1.29 is 24.2 Å². The maximum Gasteiger partial charge on any atom is 0.249 e. The molecule has 2 heterocycles. The standard InChI is InChI=1S/C18H23ClN2O5/c19-13-3-1-12(2-4-13)8-20-18(24)16-7-14(22)9-21(16)17(23)11-26-15-5-6-25-10-15/h1-4,14-16,22H,5-11H2,(H,20,24). The van der Waals surface area contributed by atoms with Gasteiger partial charge in [0, 0.05) is 31.1 Å². The summed E-state index contributed by atoms with van der Waals surface area (Å²) < 4.78 is 10.7. The van der Waals surface area contributed by atoms with Crippen molar-refractivity contribution in [2.45, 2.75) is 37.6 Å². The summed E-state index contributed by atoms with van der Waals surface area (Å²) in [5.41, 5.74) is 0.906. The van der Waals surface area contributed by atoms with Crippen molar-refractivity contribution in [1.82, 2.24) is 10.2 Å². The average Bonchev–Trinajstić information content (AvgIpc) is 3.28. The van der Waals surface area contributed by atoms with E-state index in [0.29, 0.717) is 24.8 Å². The van der Waals surface area contributed by atoms with Crippen molar-refractivity contribution in [2.24, 2.45) is 0 Å². The van der Waals surface area contributed by atoms with Gasteiger partial charge in [-0.25, -0.2) is 0 Å². The number of hydrogen-bond donors (Lipinski definition) is 2. The summed E-state index contributed by atoms with van der Waals surface area (Å²) in [7, 11) is 0. The van der Waals surface area contributed by atoms with Crippen LogP contribution in [0.3, 0.4) is 0 Å². The van der Waals surface area contributed by atoms with Crippen LogP contribution in [0.4, 0.5) is 0 Å². The van der Waals surface area contributed by atoms with E-state index in [2.05, 4.69) is 5.32 Å². The normalized spacial score (nSPS) is 25.5. The molecule has 3 unspecified atom stereocenters. The van der Waals surface area contributed by atoms with Crippen molar-refractivity contribution >= 4 is 23.4 Å². The van der Waals surface area contributed by atoms with Crippen LogP contribution in [0.5, 0.6) is 0 Å². The Hall–Kier alpha value is -1.67. The number of ether oxygens (including phenoxy) is 2. The highest BCUT2D eigenvalue weighted by Gasteiger charge is 2.38.